The first-order valence-electron chi connectivity index (χ1n) is 6.44. The number of nitrogens with zero attached hydrogens (tertiary/aromatic N) is 1. The summed E-state index contributed by atoms with van der Waals surface area (Å²) in [5.74, 6) is -5.40. The first-order valence-corrected chi connectivity index (χ1v) is 6.44. The number of primary amides is 1. The van der Waals surface area contributed by atoms with Crippen molar-refractivity contribution in [2.45, 2.75) is 37.8 Å². The zero-order valence-electron chi connectivity index (χ0n) is 12.3. The molecule has 120 valence electrons. The van der Waals surface area contributed by atoms with E-state index < -0.39 is 40.4 Å². The number of nitrogens with two attached hydrogens (primary N) is 2. The molecule has 8 heteroatoms. The Hall–Kier alpha value is -2.25. The van der Waals surface area contributed by atoms with Crippen LogP contribution in [0.4, 0.5) is 13.2 Å². The molecule has 0 spiro atoms. The minimum absolute atomic E-state index is 0.105. The lowest BCUT2D eigenvalue weighted by Gasteiger charge is -2.46. The van der Waals surface area contributed by atoms with Gasteiger partial charge in [-0.05, 0) is 39.0 Å². The Kier molecular flexibility index (Phi) is 3.39. The third kappa shape index (κ3) is 2.10. The molecule has 1 heterocycles. The largest absolute Gasteiger partial charge is 0.453 e. The van der Waals surface area contributed by atoms with E-state index in [1.807, 2.05) is 0 Å². The van der Waals surface area contributed by atoms with E-state index in [0.717, 1.165) is 39.0 Å². The number of rotatable bonds is 2. The number of aliphatic imine (C=N–C) groups is 1. The topological polar surface area (TPSA) is 90.7 Å². The second-order valence-corrected chi connectivity index (χ2v) is 5.77. The lowest BCUT2D eigenvalue weighted by molar-refractivity contribution is -0.207. The van der Waals surface area contributed by atoms with E-state index in [4.69, 9.17) is 16.2 Å². The minimum atomic E-state index is -3.60. The second-order valence-electron chi connectivity index (χ2n) is 5.77. The molecule has 2 rings (SSSR count). The quantitative estimate of drug-likeness (QED) is 0.873. The van der Waals surface area contributed by atoms with Crippen molar-refractivity contribution in [1.29, 1.82) is 0 Å². The molecule has 5 nitrogen and oxygen atoms in total. The van der Waals surface area contributed by atoms with Gasteiger partial charge in [0.15, 0.2) is 11.1 Å². The molecule has 22 heavy (non-hydrogen) atoms. The Morgan fingerprint density at radius 1 is 1.27 bits per heavy atom. The number of hydrogen-bond acceptors (Lipinski definition) is 4. The predicted octanol–water partition coefficient (Wildman–Crippen LogP) is 1.90. The summed E-state index contributed by atoms with van der Waals surface area (Å²) in [6.45, 7) is 3.29. The van der Waals surface area contributed by atoms with Gasteiger partial charge in [0, 0.05) is 11.1 Å². The van der Waals surface area contributed by atoms with Crippen LogP contribution in [0.1, 0.15) is 36.7 Å². The number of alkyl halides is 2. The zero-order valence-corrected chi connectivity index (χ0v) is 12.3. The molecule has 0 unspecified atom stereocenters. The second kappa shape index (κ2) is 4.62. The zero-order chi connectivity index (χ0) is 16.9. The van der Waals surface area contributed by atoms with Gasteiger partial charge in [-0.2, -0.15) is 8.78 Å². The number of amides is 1. The summed E-state index contributed by atoms with van der Waals surface area (Å²) < 4.78 is 48.7. The standard InChI is InChI=1S/C14H16F3N3O2/c1-12(2)14(16,17)13(3,20-11(19)22-12)8-6-7(10(18)21)4-5-9(8)15/h4-6H,1-3H3,(H2,18,21)(H2,19,20)/t13-/m1/s1. The molecular formula is C14H16F3N3O2. The number of ether oxygens (including phenoxy) is 1. The summed E-state index contributed by atoms with van der Waals surface area (Å²) >= 11 is 0. The number of carbonyl (C=O) groups is 1. The van der Waals surface area contributed by atoms with Crippen molar-refractivity contribution in [3.05, 3.63) is 35.1 Å². The van der Waals surface area contributed by atoms with E-state index in [-0.39, 0.29) is 5.56 Å². The maximum atomic E-state index is 14.8. The average Bonchev–Trinajstić information content (AvgIpc) is 2.35. The molecule has 1 amide bonds. The molecule has 1 aliphatic rings. The molecule has 0 aliphatic carbocycles. The summed E-state index contributed by atoms with van der Waals surface area (Å²) in [5.41, 5.74) is 5.66. The SMILES string of the molecule is CC1(C)OC(N)=N[C@](C)(c2cc(C(N)=O)ccc2F)C1(F)F. The summed E-state index contributed by atoms with van der Waals surface area (Å²) in [6.07, 6.45) is 0. The molecule has 0 saturated carbocycles. The van der Waals surface area contributed by atoms with Gasteiger partial charge in [-0.3, -0.25) is 4.79 Å². The lowest BCUT2D eigenvalue weighted by atomic mass is 9.77. The Morgan fingerprint density at radius 2 is 1.86 bits per heavy atom. The molecule has 0 radical (unpaired) electrons. The molecule has 1 aromatic rings. The van der Waals surface area contributed by atoms with Gasteiger partial charge in [0.1, 0.15) is 5.82 Å². The van der Waals surface area contributed by atoms with Crippen LogP contribution in [0.5, 0.6) is 0 Å². The molecule has 0 saturated heterocycles. The highest BCUT2D eigenvalue weighted by Gasteiger charge is 2.66. The monoisotopic (exact) mass is 315 g/mol. The van der Waals surface area contributed by atoms with Crippen LogP contribution in [0.15, 0.2) is 23.2 Å². The summed E-state index contributed by atoms with van der Waals surface area (Å²) in [7, 11) is 0. The van der Waals surface area contributed by atoms with Crippen molar-refractivity contribution in [3.8, 4) is 0 Å². The van der Waals surface area contributed by atoms with E-state index in [9.17, 15) is 18.0 Å². The Balaban J connectivity index is 2.75. The fourth-order valence-corrected chi connectivity index (χ4v) is 2.51. The average molecular weight is 315 g/mol. The van der Waals surface area contributed by atoms with Gasteiger partial charge in [-0.15, -0.1) is 0 Å². The number of halogens is 3. The molecule has 1 atom stereocenters. The van der Waals surface area contributed by atoms with Crippen molar-refractivity contribution in [2.75, 3.05) is 0 Å². The number of benzene rings is 1. The molecular weight excluding hydrogens is 299 g/mol. The van der Waals surface area contributed by atoms with Crippen molar-refractivity contribution >= 4 is 11.9 Å². The van der Waals surface area contributed by atoms with E-state index in [0.29, 0.717) is 0 Å². The maximum Gasteiger partial charge on any atom is 0.315 e. The summed E-state index contributed by atoms with van der Waals surface area (Å²) in [6, 6.07) is 2.48. The Labute approximate surface area is 125 Å². The normalized spacial score (nSPS) is 26.0. The Morgan fingerprint density at radius 3 is 2.41 bits per heavy atom. The van der Waals surface area contributed by atoms with Crippen LogP contribution in [-0.4, -0.2) is 23.5 Å². The molecule has 0 bridgehead atoms. The lowest BCUT2D eigenvalue weighted by Crippen LogP contribution is -2.62. The highest BCUT2D eigenvalue weighted by molar-refractivity contribution is 5.93. The van der Waals surface area contributed by atoms with Gasteiger partial charge in [0.05, 0.1) is 0 Å². The van der Waals surface area contributed by atoms with Crippen LogP contribution in [-0.2, 0) is 10.3 Å². The van der Waals surface area contributed by atoms with Crippen LogP contribution < -0.4 is 11.5 Å². The number of amidine groups is 1. The highest BCUT2D eigenvalue weighted by atomic mass is 19.3. The van der Waals surface area contributed by atoms with Crippen LogP contribution >= 0.6 is 0 Å². The fraction of sp³-hybridized carbons (Fsp3) is 0.429. The van der Waals surface area contributed by atoms with Crippen molar-refractivity contribution in [2.24, 2.45) is 16.5 Å². The molecule has 4 N–H and O–H groups in total. The summed E-state index contributed by atoms with van der Waals surface area (Å²) in [5, 5.41) is 0. The van der Waals surface area contributed by atoms with Crippen LogP contribution in [0, 0.1) is 5.82 Å². The van der Waals surface area contributed by atoms with E-state index in [2.05, 4.69) is 4.99 Å². The van der Waals surface area contributed by atoms with Gasteiger partial charge in [0.25, 0.3) is 6.02 Å². The fourth-order valence-electron chi connectivity index (χ4n) is 2.51. The maximum absolute atomic E-state index is 14.8. The van der Waals surface area contributed by atoms with Gasteiger partial charge < -0.3 is 16.2 Å². The first kappa shape index (κ1) is 16.1. The third-order valence-corrected chi connectivity index (χ3v) is 3.84. The van der Waals surface area contributed by atoms with E-state index in [1.165, 1.54) is 0 Å². The third-order valence-electron chi connectivity index (χ3n) is 3.84. The van der Waals surface area contributed by atoms with Crippen molar-refractivity contribution in [3.63, 3.8) is 0 Å². The van der Waals surface area contributed by atoms with Crippen molar-refractivity contribution < 1.29 is 22.7 Å². The van der Waals surface area contributed by atoms with Crippen molar-refractivity contribution in [1.82, 2.24) is 0 Å². The molecule has 0 fully saturated rings. The first-order chi connectivity index (χ1) is 9.92. The van der Waals surface area contributed by atoms with Crippen LogP contribution in [0.3, 0.4) is 0 Å². The van der Waals surface area contributed by atoms with Gasteiger partial charge >= 0.3 is 5.92 Å². The van der Waals surface area contributed by atoms with Crippen LogP contribution in [0.25, 0.3) is 0 Å². The molecule has 1 aromatic carbocycles. The number of carbonyl (C=O) groups excluding carboxylic acids is 1. The number of hydrogen-bond donors (Lipinski definition) is 2. The Bertz CT molecular complexity index is 673. The highest BCUT2D eigenvalue weighted by Crippen LogP contribution is 2.51. The van der Waals surface area contributed by atoms with E-state index >= 15 is 0 Å². The van der Waals surface area contributed by atoms with Crippen LogP contribution in [0.2, 0.25) is 0 Å². The smallest absolute Gasteiger partial charge is 0.315 e. The molecule has 1 aliphatic heterocycles. The van der Waals surface area contributed by atoms with E-state index in [1.54, 1.807) is 0 Å². The predicted molar refractivity (Wildman–Crippen MR) is 74.0 cm³/mol. The van der Waals surface area contributed by atoms with Gasteiger partial charge in [0.2, 0.25) is 5.91 Å². The van der Waals surface area contributed by atoms with Gasteiger partial charge in [-0.25, -0.2) is 9.38 Å². The molecule has 0 aromatic heterocycles. The van der Waals surface area contributed by atoms with Gasteiger partial charge in [-0.1, -0.05) is 0 Å². The summed E-state index contributed by atoms with van der Waals surface area (Å²) in [4.78, 5) is 14.9. The minimum Gasteiger partial charge on any atom is -0.453 e.